The Bertz CT molecular complexity index is 2250. The maximum Gasteiger partial charge on any atom is 0.335 e. The van der Waals surface area contributed by atoms with Crippen molar-refractivity contribution in [3.8, 4) is 0 Å². The van der Waals surface area contributed by atoms with Gasteiger partial charge < -0.3 is 109 Å². The van der Waals surface area contributed by atoms with Crippen LogP contribution in [0.15, 0.2) is 11.6 Å². The summed E-state index contributed by atoms with van der Waals surface area (Å²) in [5, 5.41) is 153. The van der Waals surface area contributed by atoms with Crippen LogP contribution in [0.1, 0.15) is 99.8 Å². The van der Waals surface area contributed by atoms with E-state index >= 15 is 4.79 Å². The van der Waals surface area contributed by atoms with Gasteiger partial charge in [0.25, 0.3) is 0 Å². The minimum absolute atomic E-state index is 0.00693. The number of carboxylic acid groups (broad SMARTS) is 2. The van der Waals surface area contributed by atoms with Gasteiger partial charge in [0.1, 0.15) is 78.7 Å². The van der Waals surface area contributed by atoms with E-state index in [4.69, 9.17) is 37.9 Å². The Morgan fingerprint density at radius 3 is 1.84 bits per heavy atom. The molecule has 0 aromatic carbocycles. The standard InChI is InChI=1S/C52H80O25/c1-19-36(73-41-33(62)28(57)23(54)17-70-41)32(61)35(64)42(72-19)75-38-29(58)24(55)18-71-44(38)77-46(69)52-13-12-47(2,3)14-21(52)20-8-9-25-48(4)15-22(53)39(76-43-34(63)30(59)31(60)37(74-43)40(65)66)51(7,45(67)68)26(48)10-11-49(25,5)50(20,6)16-27(52)56/h8,19,21-39,41-44,53-64H,9-18H2,1-7H3,(H,65,66)(H,67,68)/t19-,21-,22-,23+,24-,25+,26+,27+,28-,29-,30-,31-,32-,33+,34+,35+,36-,37-,38+,39-,41-,42-,43-,44-,48+,49+,50+,51-,52+/m0/s1. The Hall–Kier alpha value is -2.61. The Labute approximate surface area is 444 Å². The molecular formula is C52H80O25. The Morgan fingerprint density at radius 2 is 1.19 bits per heavy atom. The van der Waals surface area contributed by atoms with E-state index in [2.05, 4.69) is 33.8 Å². The number of carbonyl (C=O) groups excluding carboxylic acids is 1. The lowest BCUT2D eigenvalue weighted by atomic mass is 9.33. The molecule has 9 aliphatic rings. The van der Waals surface area contributed by atoms with Crippen molar-refractivity contribution in [2.45, 2.75) is 229 Å². The fraction of sp³-hybridized carbons (Fsp3) is 0.904. The van der Waals surface area contributed by atoms with Crippen LogP contribution in [-0.4, -0.2) is 232 Å². The summed E-state index contributed by atoms with van der Waals surface area (Å²) in [6.45, 7) is 12.2. The summed E-state index contributed by atoms with van der Waals surface area (Å²) in [6, 6.07) is 0. The van der Waals surface area contributed by atoms with Gasteiger partial charge in [0.2, 0.25) is 6.29 Å². The first-order chi connectivity index (χ1) is 35.8. The quantitative estimate of drug-likeness (QED) is 0.0604. The van der Waals surface area contributed by atoms with E-state index in [1.807, 2.05) is 6.92 Å². The van der Waals surface area contributed by atoms with Gasteiger partial charge >= 0.3 is 17.9 Å². The van der Waals surface area contributed by atoms with Crippen molar-refractivity contribution in [3.63, 3.8) is 0 Å². The number of rotatable bonds is 10. The first-order valence-electron chi connectivity index (χ1n) is 26.9. The second-order valence-electron chi connectivity index (χ2n) is 25.4. The number of aliphatic carboxylic acids is 2. The third kappa shape index (κ3) is 9.22. The highest BCUT2D eigenvalue weighted by Crippen LogP contribution is 2.76. The lowest BCUT2D eigenvalue weighted by Gasteiger charge is -2.71. The molecule has 0 radical (unpaired) electrons. The fourth-order valence-corrected chi connectivity index (χ4v) is 16.1. The van der Waals surface area contributed by atoms with E-state index in [9.17, 15) is 81.1 Å². The average molecular weight is 1110 g/mol. The summed E-state index contributed by atoms with van der Waals surface area (Å²) in [5.74, 6) is -5.53. The third-order valence-electron chi connectivity index (χ3n) is 20.7. The molecule has 0 spiro atoms. The number of fused-ring (bicyclic) bond motifs is 7. The van der Waals surface area contributed by atoms with Gasteiger partial charge in [-0.15, -0.1) is 0 Å². The van der Waals surface area contributed by atoms with E-state index < -0.39 is 199 Å². The van der Waals surface area contributed by atoms with Crippen LogP contribution in [0, 0.1) is 50.2 Å². The van der Waals surface area contributed by atoms with Gasteiger partial charge in [0.15, 0.2) is 31.1 Å². The number of aliphatic hydroxyl groups excluding tert-OH is 12. The van der Waals surface area contributed by atoms with E-state index in [0.717, 1.165) is 5.57 Å². The molecule has 77 heavy (non-hydrogen) atoms. The largest absolute Gasteiger partial charge is 0.481 e. The molecule has 4 heterocycles. The summed E-state index contributed by atoms with van der Waals surface area (Å²) >= 11 is 0. The van der Waals surface area contributed by atoms with Crippen LogP contribution >= 0.6 is 0 Å². The van der Waals surface area contributed by atoms with E-state index in [1.165, 1.54) is 13.8 Å². The highest BCUT2D eigenvalue weighted by Gasteiger charge is 2.74. The smallest absolute Gasteiger partial charge is 0.335 e. The molecule has 0 bridgehead atoms. The summed E-state index contributed by atoms with van der Waals surface area (Å²) in [4.78, 5) is 40.9. The molecule has 8 fully saturated rings. The minimum atomic E-state index is -2.03. The lowest BCUT2D eigenvalue weighted by Crippen LogP contribution is -2.71. The lowest BCUT2D eigenvalue weighted by molar-refractivity contribution is -0.369. The molecular weight excluding hydrogens is 1020 g/mol. The molecule has 4 aliphatic heterocycles. The predicted molar refractivity (Wildman–Crippen MR) is 255 cm³/mol. The Kier molecular flexibility index (Phi) is 15.8. The van der Waals surface area contributed by atoms with Crippen molar-refractivity contribution in [2.24, 2.45) is 50.2 Å². The van der Waals surface area contributed by atoms with E-state index in [0.29, 0.717) is 25.7 Å². The third-order valence-corrected chi connectivity index (χ3v) is 20.7. The van der Waals surface area contributed by atoms with E-state index in [-0.39, 0.29) is 37.0 Å². The van der Waals surface area contributed by atoms with Crippen molar-refractivity contribution >= 4 is 17.9 Å². The number of carboxylic acids is 2. The van der Waals surface area contributed by atoms with Gasteiger partial charge in [0.05, 0.1) is 36.9 Å². The molecule has 29 atom stereocenters. The molecule has 9 rings (SSSR count). The molecule has 4 saturated carbocycles. The van der Waals surface area contributed by atoms with Crippen molar-refractivity contribution in [2.75, 3.05) is 13.2 Å². The van der Waals surface area contributed by atoms with Crippen molar-refractivity contribution in [1.82, 2.24) is 0 Å². The maximum absolute atomic E-state index is 15.3. The van der Waals surface area contributed by atoms with Gasteiger partial charge in [-0.1, -0.05) is 46.3 Å². The summed E-state index contributed by atoms with van der Waals surface area (Å²) in [5.41, 5.74) is -5.38. The van der Waals surface area contributed by atoms with Crippen molar-refractivity contribution in [1.29, 1.82) is 0 Å². The molecule has 0 aromatic rings. The molecule has 5 aliphatic carbocycles. The first-order valence-corrected chi connectivity index (χ1v) is 26.9. The van der Waals surface area contributed by atoms with Crippen LogP contribution in [0.2, 0.25) is 0 Å². The van der Waals surface area contributed by atoms with Gasteiger partial charge in [-0.05, 0) is 105 Å². The van der Waals surface area contributed by atoms with E-state index in [1.54, 1.807) is 0 Å². The van der Waals surface area contributed by atoms with Crippen LogP contribution in [0.5, 0.6) is 0 Å². The van der Waals surface area contributed by atoms with Gasteiger partial charge in [0, 0.05) is 0 Å². The number of esters is 1. The minimum Gasteiger partial charge on any atom is -0.481 e. The van der Waals surface area contributed by atoms with Crippen molar-refractivity contribution < 1.29 is 124 Å². The summed E-state index contributed by atoms with van der Waals surface area (Å²) in [7, 11) is 0. The van der Waals surface area contributed by atoms with Crippen LogP contribution in [0.4, 0.5) is 0 Å². The summed E-state index contributed by atoms with van der Waals surface area (Å²) in [6.07, 6.45) is -31.4. The monoisotopic (exact) mass is 1100 g/mol. The number of aliphatic hydroxyl groups is 12. The maximum atomic E-state index is 15.3. The number of allylic oxidation sites excluding steroid dienone is 2. The molecule has 0 aromatic heterocycles. The summed E-state index contributed by atoms with van der Waals surface area (Å²) < 4.78 is 46.4. The number of hydrogen-bond donors (Lipinski definition) is 14. The van der Waals surface area contributed by atoms with Crippen molar-refractivity contribution in [3.05, 3.63) is 11.6 Å². The van der Waals surface area contributed by atoms with Gasteiger partial charge in [-0.25, -0.2) is 4.79 Å². The predicted octanol–water partition coefficient (Wildman–Crippen LogP) is -2.63. The molecule has 0 amide bonds. The molecule has 0 unspecified atom stereocenters. The highest BCUT2D eigenvalue weighted by molar-refractivity contribution is 5.80. The molecule has 4 saturated heterocycles. The fourth-order valence-electron chi connectivity index (χ4n) is 16.1. The number of hydrogen-bond acceptors (Lipinski definition) is 23. The zero-order chi connectivity index (χ0) is 56.6. The SMILES string of the molecule is C[C@@H]1O[C@@H](O[C@H]2[C@H](OC(=O)[C@]34CCC(C)(C)C[C@H]3C3=CC[C@@H]5[C@@]6(C)C[C@H](O)[C@H](O[C@@H]7O[C@H](C(=O)O)[C@@H](O)[C@H](O)[C@H]7O)[C@@](C)(C(=O)O)[C@@H]6CC[C@@]5(C)[C@]3(C)C[C@H]4O)OC[C@H](O)[C@@H]2O)[C@H](O)[C@H](O)[C@H]1O[C@@H]1OC[C@@H](O)[C@H](O)[C@H]1O. The Balaban J connectivity index is 0.973. The zero-order valence-electron chi connectivity index (χ0n) is 44.3. The second-order valence-corrected chi connectivity index (χ2v) is 25.4. The average Bonchev–Trinajstić information content (AvgIpc) is 3.55. The topological polar surface area (TPSA) is 408 Å². The molecule has 25 nitrogen and oxygen atoms in total. The molecule has 438 valence electrons. The first kappa shape index (κ1) is 59.0. The highest BCUT2D eigenvalue weighted by atomic mass is 16.8. The number of carbonyl (C=O) groups is 3. The molecule has 14 N–H and O–H groups in total. The van der Waals surface area contributed by atoms with Gasteiger partial charge in [-0.3, -0.25) is 9.59 Å². The molecule has 25 heteroatoms. The zero-order valence-corrected chi connectivity index (χ0v) is 44.3. The Morgan fingerprint density at radius 1 is 0.597 bits per heavy atom. The van der Waals surface area contributed by atoms with Gasteiger partial charge in [-0.2, -0.15) is 0 Å². The van der Waals surface area contributed by atoms with Crippen LogP contribution in [0.25, 0.3) is 0 Å². The van der Waals surface area contributed by atoms with Crippen LogP contribution < -0.4 is 0 Å². The van der Waals surface area contributed by atoms with Crippen LogP contribution in [0.3, 0.4) is 0 Å². The van der Waals surface area contributed by atoms with Crippen LogP contribution in [-0.2, 0) is 52.3 Å². The number of ether oxygens (including phenoxy) is 8. The second kappa shape index (κ2) is 20.7. The normalized spacial score (nSPS) is 54.6.